The summed E-state index contributed by atoms with van der Waals surface area (Å²) in [5.41, 5.74) is 7.74. The van der Waals surface area contributed by atoms with Crippen LogP contribution in [0.5, 0.6) is 11.5 Å². The summed E-state index contributed by atoms with van der Waals surface area (Å²) in [5.74, 6) is 0.504. The Morgan fingerprint density at radius 3 is 2.76 bits per heavy atom. The highest BCUT2D eigenvalue weighted by molar-refractivity contribution is 6.08. The van der Waals surface area contributed by atoms with Crippen LogP contribution in [0.3, 0.4) is 0 Å². The van der Waals surface area contributed by atoms with Gasteiger partial charge in [-0.3, -0.25) is 9.59 Å². The number of amides is 2. The molecule has 1 aliphatic rings. The lowest BCUT2D eigenvalue weighted by molar-refractivity contribution is -0.117. The van der Waals surface area contributed by atoms with Crippen LogP contribution in [0.1, 0.15) is 11.1 Å². The van der Waals surface area contributed by atoms with Gasteiger partial charge in [0.2, 0.25) is 5.91 Å². The second-order valence-electron chi connectivity index (χ2n) is 5.59. The number of methoxy groups -OCH3 is 1. The van der Waals surface area contributed by atoms with Crippen molar-refractivity contribution in [1.82, 2.24) is 0 Å². The van der Waals surface area contributed by atoms with Crippen LogP contribution in [0, 0.1) is 0 Å². The number of hydrogen-bond donors (Lipinski definition) is 2. The molecule has 128 valence electrons. The lowest BCUT2D eigenvalue weighted by atomic mass is 10.1. The maximum absolute atomic E-state index is 12.6. The van der Waals surface area contributed by atoms with Crippen molar-refractivity contribution in [3.8, 4) is 11.5 Å². The van der Waals surface area contributed by atoms with Gasteiger partial charge in [0.1, 0.15) is 6.61 Å². The SMILES string of the molecule is COc1cccc2c1OCC(C(=O)Nc1ccccc1CC(N)=O)=C2. The molecule has 0 fully saturated rings. The highest BCUT2D eigenvalue weighted by Crippen LogP contribution is 2.35. The smallest absolute Gasteiger partial charge is 0.255 e. The largest absolute Gasteiger partial charge is 0.493 e. The highest BCUT2D eigenvalue weighted by atomic mass is 16.5. The van der Waals surface area contributed by atoms with Gasteiger partial charge in [0.05, 0.1) is 19.1 Å². The van der Waals surface area contributed by atoms with E-state index >= 15 is 0 Å². The average Bonchev–Trinajstić information content (AvgIpc) is 2.61. The van der Waals surface area contributed by atoms with Crippen molar-refractivity contribution in [2.45, 2.75) is 6.42 Å². The van der Waals surface area contributed by atoms with Crippen LogP contribution in [0.2, 0.25) is 0 Å². The Morgan fingerprint density at radius 1 is 1.20 bits per heavy atom. The molecule has 2 amide bonds. The van der Waals surface area contributed by atoms with Crippen LogP contribution in [0.15, 0.2) is 48.0 Å². The maximum Gasteiger partial charge on any atom is 0.255 e. The van der Waals surface area contributed by atoms with Gasteiger partial charge in [-0.1, -0.05) is 30.3 Å². The minimum absolute atomic E-state index is 0.0615. The number of ether oxygens (including phenoxy) is 2. The van der Waals surface area contributed by atoms with E-state index in [0.29, 0.717) is 28.3 Å². The van der Waals surface area contributed by atoms with Gasteiger partial charge in [-0.15, -0.1) is 0 Å². The zero-order valence-corrected chi connectivity index (χ0v) is 13.7. The second-order valence-corrected chi connectivity index (χ2v) is 5.59. The molecule has 0 aromatic heterocycles. The van der Waals surface area contributed by atoms with Crippen LogP contribution < -0.4 is 20.5 Å². The minimum Gasteiger partial charge on any atom is -0.493 e. The zero-order valence-electron chi connectivity index (χ0n) is 13.7. The topological polar surface area (TPSA) is 90.7 Å². The molecule has 1 heterocycles. The number of primary amides is 1. The van der Waals surface area contributed by atoms with E-state index < -0.39 is 5.91 Å². The van der Waals surface area contributed by atoms with Crippen LogP contribution in [0.25, 0.3) is 6.08 Å². The minimum atomic E-state index is -0.456. The molecule has 0 saturated carbocycles. The Labute approximate surface area is 145 Å². The van der Waals surface area contributed by atoms with Gasteiger partial charge >= 0.3 is 0 Å². The van der Waals surface area contributed by atoms with Crippen molar-refractivity contribution >= 4 is 23.6 Å². The van der Waals surface area contributed by atoms with Crippen molar-refractivity contribution < 1.29 is 19.1 Å². The molecular formula is C19H18N2O4. The van der Waals surface area contributed by atoms with Gasteiger partial charge in [0, 0.05) is 11.3 Å². The van der Waals surface area contributed by atoms with Crippen LogP contribution in [-0.4, -0.2) is 25.5 Å². The molecule has 0 unspecified atom stereocenters. The van der Waals surface area contributed by atoms with E-state index in [9.17, 15) is 9.59 Å². The number of anilines is 1. The number of para-hydroxylation sites is 2. The Balaban J connectivity index is 1.83. The van der Waals surface area contributed by atoms with Crippen LogP contribution >= 0.6 is 0 Å². The maximum atomic E-state index is 12.6. The molecule has 0 spiro atoms. The van der Waals surface area contributed by atoms with Gasteiger partial charge in [-0.25, -0.2) is 0 Å². The lowest BCUT2D eigenvalue weighted by Gasteiger charge is -2.20. The summed E-state index contributed by atoms with van der Waals surface area (Å²) >= 11 is 0. The molecule has 6 nitrogen and oxygen atoms in total. The number of rotatable bonds is 5. The van der Waals surface area contributed by atoms with Crippen molar-refractivity contribution in [3.63, 3.8) is 0 Å². The molecule has 3 N–H and O–H groups in total. The third kappa shape index (κ3) is 3.63. The first-order chi connectivity index (χ1) is 12.1. The summed E-state index contributed by atoms with van der Waals surface area (Å²) in [6.07, 6.45) is 1.83. The molecule has 3 rings (SSSR count). The summed E-state index contributed by atoms with van der Waals surface area (Å²) in [6.45, 7) is 0.136. The van der Waals surface area contributed by atoms with Crippen molar-refractivity contribution in [3.05, 3.63) is 59.2 Å². The fraction of sp³-hybridized carbons (Fsp3) is 0.158. The average molecular weight is 338 g/mol. The van der Waals surface area contributed by atoms with Gasteiger partial charge < -0.3 is 20.5 Å². The molecular weight excluding hydrogens is 320 g/mol. The number of benzene rings is 2. The number of carbonyl (C=O) groups excluding carboxylic acids is 2. The third-order valence-electron chi connectivity index (χ3n) is 3.85. The number of carbonyl (C=O) groups is 2. The van der Waals surface area contributed by atoms with E-state index in [1.165, 1.54) is 0 Å². The normalized spacial score (nSPS) is 12.4. The summed E-state index contributed by atoms with van der Waals surface area (Å²) < 4.78 is 10.9. The number of hydrogen-bond acceptors (Lipinski definition) is 4. The first-order valence-corrected chi connectivity index (χ1v) is 7.76. The molecule has 0 bridgehead atoms. The van der Waals surface area contributed by atoms with Crippen molar-refractivity contribution in [2.75, 3.05) is 19.0 Å². The summed E-state index contributed by atoms with van der Waals surface area (Å²) in [5, 5.41) is 2.82. The second kappa shape index (κ2) is 7.09. The fourth-order valence-electron chi connectivity index (χ4n) is 2.66. The van der Waals surface area contributed by atoms with E-state index in [4.69, 9.17) is 15.2 Å². The van der Waals surface area contributed by atoms with Gasteiger partial charge in [-0.05, 0) is 23.8 Å². The first-order valence-electron chi connectivity index (χ1n) is 7.76. The van der Waals surface area contributed by atoms with E-state index in [1.807, 2.05) is 12.1 Å². The Bertz CT molecular complexity index is 858. The molecule has 0 saturated heterocycles. The number of nitrogens with two attached hydrogens (primary N) is 1. The summed E-state index contributed by atoms with van der Waals surface area (Å²) in [7, 11) is 1.57. The molecule has 1 aliphatic heterocycles. The quantitative estimate of drug-likeness (QED) is 0.874. The predicted molar refractivity (Wildman–Crippen MR) is 94.4 cm³/mol. The monoisotopic (exact) mass is 338 g/mol. The molecule has 0 aliphatic carbocycles. The van der Waals surface area contributed by atoms with E-state index in [1.54, 1.807) is 43.5 Å². The van der Waals surface area contributed by atoms with E-state index in [0.717, 1.165) is 5.56 Å². The zero-order chi connectivity index (χ0) is 17.8. The lowest BCUT2D eigenvalue weighted by Crippen LogP contribution is -2.23. The fourth-order valence-corrected chi connectivity index (χ4v) is 2.66. The Kier molecular flexibility index (Phi) is 4.70. The van der Waals surface area contributed by atoms with Crippen molar-refractivity contribution in [2.24, 2.45) is 5.73 Å². The van der Waals surface area contributed by atoms with E-state index in [-0.39, 0.29) is 18.9 Å². The molecule has 0 radical (unpaired) electrons. The van der Waals surface area contributed by atoms with Gasteiger partial charge in [0.15, 0.2) is 11.5 Å². The number of nitrogens with one attached hydrogen (secondary N) is 1. The summed E-state index contributed by atoms with van der Waals surface area (Å²) in [4.78, 5) is 23.7. The van der Waals surface area contributed by atoms with E-state index in [2.05, 4.69) is 5.32 Å². The summed E-state index contributed by atoms with van der Waals surface area (Å²) in [6, 6.07) is 12.6. The Morgan fingerprint density at radius 2 is 2.00 bits per heavy atom. The Hall–Kier alpha value is -3.28. The highest BCUT2D eigenvalue weighted by Gasteiger charge is 2.20. The standard InChI is InChI=1S/C19H18N2O4/c1-24-16-8-4-6-13-9-14(11-25-18(13)16)19(23)21-15-7-3-2-5-12(15)10-17(20)22/h2-9H,10-11H2,1H3,(H2,20,22)(H,21,23). The van der Waals surface area contributed by atoms with Crippen LogP contribution in [-0.2, 0) is 16.0 Å². The predicted octanol–water partition coefficient (Wildman–Crippen LogP) is 2.14. The number of fused-ring (bicyclic) bond motifs is 1. The van der Waals surface area contributed by atoms with Crippen LogP contribution in [0.4, 0.5) is 5.69 Å². The first kappa shape index (κ1) is 16.6. The molecule has 6 heteroatoms. The molecule has 2 aromatic carbocycles. The van der Waals surface area contributed by atoms with Crippen molar-refractivity contribution in [1.29, 1.82) is 0 Å². The third-order valence-corrected chi connectivity index (χ3v) is 3.85. The molecule has 25 heavy (non-hydrogen) atoms. The van der Waals surface area contributed by atoms with Gasteiger partial charge in [-0.2, -0.15) is 0 Å². The molecule has 0 atom stereocenters. The van der Waals surface area contributed by atoms with Gasteiger partial charge in [0.25, 0.3) is 5.91 Å². The molecule has 2 aromatic rings.